The second kappa shape index (κ2) is 6.52. The van der Waals surface area contributed by atoms with Crippen molar-refractivity contribution < 1.29 is 9.90 Å². The van der Waals surface area contributed by atoms with Crippen molar-refractivity contribution in [3.05, 3.63) is 57.3 Å². The van der Waals surface area contributed by atoms with E-state index in [1.807, 2.05) is 31.2 Å². The lowest BCUT2D eigenvalue weighted by atomic mass is 10.1. The quantitative estimate of drug-likeness (QED) is 0.907. The highest BCUT2D eigenvalue weighted by molar-refractivity contribution is 6.41. The van der Waals surface area contributed by atoms with Crippen molar-refractivity contribution in [2.45, 2.75) is 13.0 Å². The van der Waals surface area contributed by atoms with E-state index in [1.54, 1.807) is 7.05 Å². The fraction of sp³-hybridized carbons (Fsp3) is 0.267. The van der Waals surface area contributed by atoms with E-state index in [4.69, 9.17) is 23.2 Å². The first-order chi connectivity index (χ1) is 9.90. The molecule has 0 aliphatic heterocycles. The summed E-state index contributed by atoms with van der Waals surface area (Å²) >= 11 is 11.8. The molecule has 2 rings (SSSR count). The summed E-state index contributed by atoms with van der Waals surface area (Å²) in [7, 11) is 1.65. The third-order valence-electron chi connectivity index (χ3n) is 3.27. The molecule has 0 radical (unpaired) electrons. The average molecular weight is 327 g/mol. The molecule has 0 saturated heterocycles. The van der Waals surface area contributed by atoms with Crippen LogP contribution in [0.3, 0.4) is 0 Å². The van der Waals surface area contributed by atoms with Gasteiger partial charge in [0.2, 0.25) is 0 Å². The Morgan fingerprint density at radius 1 is 1.33 bits per heavy atom. The summed E-state index contributed by atoms with van der Waals surface area (Å²) in [6, 6.07) is 9.00. The molecule has 0 aliphatic rings. The van der Waals surface area contributed by atoms with Crippen LogP contribution < -0.4 is 5.32 Å². The molecule has 0 spiro atoms. The Hall–Kier alpha value is -1.49. The number of carbonyl (C=O) groups excluding carboxylic acids is 1. The first kappa shape index (κ1) is 15.9. The Labute approximate surface area is 133 Å². The van der Waals surface area contributed by atoms with E-state index in [0.29, 0.717) is 15.9 Å². The van der Waals surface area contributed by atoms with E-state index in [-0.39, 0.29) is 12.5 Å². The van der Waals surface area contributed by atoms with Crippen LogP contribution in [0.5, 0.6) is 0 Å². The molecule has 0 fully saturated rings. The Kier molecular flexibility index (Phi) is 4.93. The Balaban J connectivity index is 2.00. The standard InChI is InChI=1S/C15H16Cl2N2O2/c1-9-3-5-10(6-4-9)13(20)8-18-15(21)12-7-11(16)14(17)19(12)2/h3-7,13,20H,8H2,1-2H3,(H,18,21)/t13-/m1/s1. The van der Waals surface area contributed by atoms with Gasteiger partial charge in [-0.25, -0.2) is 0 Å². The summed E-state index contributed by atoms with van der Waals surface area (Å²) in [5.74, 6) is -0.336. The molecule has 2 N–H and O–H groups in total. The van der Waals surface area contributed by atoms with Gasteiger partial charge < -0.3 is 15.0 Å². The highest BCUT2D eigenvalue weighted by atomic mass is 35.5. The van der Waals surface area contributed by atoms with Gasteiger partial charge in [0, 0.05) is 13.6 Å². The molecule has 4 nitrogen and oxygen atoms in total. The minimum absolute atomic E-state index is 0.113. The van der Waals surface area contributed by atoms with Gasteiger partial charge >= 0.3 is 0 Å². The van der Waals surface area contributed by atoms with E-state index in [1.165, 1.54) is 10.6 Å². The molecule has 21 heavy (non-hydrogen) atoms. The topological polar surface area (TPSA) is 54.3 Å². The minimum atomic E-state index is -0.763. The normalized spacial score (nSPS) is 12.2. The Morgan fingerprint density at radius 3 is 2.48 bits per heavy atom. The van der Waals surface area contributed by atoms with Crippen molar-refractivity contribution in [2.24, 2.45) is 7.05 Å². The molecule has 1 aromatic carbocycles. The number of rotatable bonds is 4. The highest BCUT2D eigenvalue weighted by Gasteiger charge is 2.17. The van der Waals surface area contributed by atoms with Gasteiger partial charge in [0.05, 0.1) is 11.1 Å². The second-order valence-electron chi connectivity index (χ2n) is 4.86. The van der Waals surface area contributed by atoms with Gasteiger partial charge in [0.15, 0.2) is 0 Å². The van der Waals surface area contributed by atoms with E-state index in [9.17, 15) is 9.90 Å². The largest absolute Gasteiger partial charge is 0.387 e. The van der Waals surface area contributed by atoms with Crippen LogP contribution >= 0.6 is 23.2 Å². The van der Waals surface area contributed by atoms with Gasteiger partial charge in [-0.2, -0.15) is 0 Å². The van der Waals surface area contributed by atoms with Gasteiger partial charge in [-0.05, 0) is 18.6 Å². The monoisotopic (exact) mass is 326 g/mol. The zero-order valence-electron chi connectivity index (χ0n) is 11.7. The first-order valence-corrected chi connectivity index (χ1v) is 7.19. The molecular weight excluding hydrogens is 311 g/mol. The van der Waals surface area contributed by atoms with Crippen LogP contribution in [0.2, 0.25) is 10.2 Å². The molecular formula is C15H16Cl2N2O2. The van der Waals surface area contributed by atoms with Crippen molar-refractivity contribution in [3.8, 4) is 0 Å². The molecule has 0 aliphatic carbocycles. The summed E-state index contributed by atoms with van der Waals surface area (Å²) in [4.78, 5) is 12.1. The fourth-order valence-corrected chi connectivity index (χ4v) is 2.32. The van der Waals surface area contributed by atoms with Crippen LogP contribution in [0.15, 0.2) is 30.3 Å². The number of nitrogens with one attached hydrogen (secondary N) is 1. The molecule has 0 bridgehead atoms. The molecule has 2 aromatic rings. The lowest BCUT2D eigenvalue weighted by Crippen LogP contribution is -2.29. The molecule has 1 heterocycles. The van der Waals surface area contributed by atoms with Crippen LogP contribution in [0.25, 0.3) is 0 Å². The first-order valence-electron chi connectivity index (χ1n) is 6.43. The number of carbonyl (C=O) groups is 1. The minimum Gasteiger partial charge on any atom is -0.387 e. The van der Waals surface area contributed by atoms with Crippen LogP contribution in [0.1, 0.15) is 27.7 Å². The zero-order valence-corrected chi connectivity index (χ0v) is 13.2. The maximum Gasteiger partial charge on any atom is 0.268 e. The van der Waals surface area contributed by atoms with Crippen LogP contribution in [0.4, 0.5) is 0 Å². The summed E-state index contributed by atoms with van der Waals surface area (Å²) in [6.07, 6.45) is -0.763. The number of amides is 1. The molecule has 0 unspecified atom stereocenters. The highest BCUT2D eigenvalue weighted by Crippen LogP contribution is 2.25. The predicted molar refractivity (Wildman–Crippen MR) is 83.9 cm³/mol. The van der Waals surface area contributed by atoms with Crippen LogP contribution in [-0.4, -0.2) is 22.1 Å². The van der Waals surface area contributed by atoms with E-state index in [2.05, 4.69) is 5.32 Å². The van der Waals surface area contributed by atoms with Gasteiger partial charge in [-0.1, -0.05) is 53.0 Å². The summed E-state index contributed by atoms with van der Waals surface area (Å²) in [6.45, 7) is 2.09. The number of aliphatic hydroxyl groups is 1. The molecule has 1 amide bonds. The number of halogens is 2. The number of nitrogens with zero attached hydrogens (tertiary/aromatic N) is 1. The summed E-state index contributed by atoms with van der Waals surface area (Å²) in [5, 5.41) is 13.4. The Bertz CT molecular complexity index is 650. The Morgan fingerprint density at radius 2 is 1.95 bits per heavy atom. The van der Waals surface area contributed by atoms with E-state index >= 15 is 0 Å². The number of hydrogen-bond acceptors (Lipinski definition) is 2. The molecule has 1 aromatic heterocycles. The van der Waals surface area contributed by atoms with Crippen LogP contribution in [0, 0.1) is 6.92 Å². The number of aryl methyl sites for hydroxylation is 1. The zero-order chi connectivity index (χ0) is 15.6. The smallest absolute Gasteiger partial charge is 0.268 e. The number of aliphatic hydroxyl groups excluding tert-OH is 1. The van der Waals surface area contributed by atoms with Crippen molar-refractivity contribution in [3.63, 3.8) is 0 Å². The van der Waals surface area contributed by atoms with E-state index in [0.717, 1.165) is 11.1 Å². The van der Waals surface area contributed by atoms with Crippen molar-refractivity contribution in [2.75, 3.05) is 6.54 Å². The molecule has 0 saturated carbocycles. The SMILES string of the molecule is Cc1ccc([C@H](O)CNC(=O)c2cc(Cl)c(Cl)n2C)cc1. The number of aromatic nitrogens is 1. The van der Waals surface area contributed by atoms with Gasteiger partial charge in [0.1, 0.15) is 10.8 Å². The van der Waals surface area contributed by atoms with Gasteiger partial charge in [-0.15, -0.1) is 0 Å². The van der Waals surface area contributed by atoms with Crippen LogP contribution in [-0.2, 0) is 7.05 Å². The summed E-state index contributed by atoms with van der Waals surface area (Å²) < 4.78 is 1.50. The lowest BCUT2D eigenvalue weighted by Gasteiger charge is -2.13. The van der Waals surface area contributed by atoms with Gasteiger partial charge in [0.25, 0.3) is 5.91 Å². The summed E-state index contributed by atoms with van der Waals surface area (Å²) in [5.41, 5.74) is 2.22. The molecule has 1 atom stereocenters. The number of benzene rings is 1. The molecule has 112 valence electrons. The van der Waals surface area contributed by atoms with Crippen molar-refractivity contribution in [1.29, 1.82) is 0 Å². The lowest BCUT2D eigenvalue weighted by molar-refractivity contribution is 0.0908. The van der Waals surface area contributed by atoms with E-state index < -0.39 is 6.10 Å². The fourth-order valence-electron chi connectivity index (χ4n) is 1.95. The molecule has 6 heteroatoms. The maximum absolute atomic E-state index is 12.1. The number of hydrogen-bond donors (Lipinski definition) is 2. The average Bonchev–Trinajstić information content (AvgIpc) is 2.73. The van der Waals surface area contributed by atoms with Gasteiger partial charge in [-0.3, -0.25) is 4.79 Å². The predicted octanol–water partition coefficient (Wildman–Crippen LogP) is 3.10. The third-order valence-corrected chi connectivity index (χ3v) is 4.11. The third kappa shape index (κ3) is 3.59. The maximum atomic E-state index is 12.1. The second-order valence-corrected chi connectivity index (χ2v) is 5.63. The van der Waals surface area contributed by atoms with Crippen molar-refractivity contribution >= 4 is 29.1 Å². The van der Waals surface area contributed by atoms with Crippen molar-refractivity contribution in [1.82, 2.24) is 9.88 Å².